The molecule has 0 amide bonds. The molecule has 3 rings (SSSR count). The first-order chi connectivity index (χ1) is 11.6. The Morgan fingerprint density at radius 2 is 1.62 bits per heavy atom. The van der Waals surface area contributed by atoms with E-state index in [1.807, 2.05) is 30.3 Å². The molecule has 2 aliphatic rings. The van der Waals surface area contributed by atoms with Crippen molar-refractivity contribution in [3.63, 3.8) is 0 Å². The van der Waals surface area contributed by atoms with Crippen LogP contribution in [0.2, 0.25) is 0 Å². The Kier molecular flexibility index (Phi) is 9.56. The number of halogens is 2. The fourth-order valence-corrected chi connectivity index (χ4v) is 4.17. The van der Waals surface area contributed by atoms with Crippen molar-refractivity contribution in [3.05, 3.63) is 35.9 Å². The summed E-state index contributed by atoms with van der Waals surface area (Å²) in [6, 6.07) is 9.61. The third-order valence-corrected chi connectivity index (χ3v) is 5.80. The highest BCUT2D eigenvalue weighted by molar-refractivity contribution is 5.90. The molecule has 6 heteroatoms. The molecule has 1 atom stereocenters. The lowest BCUT2D eigenvalue weighted by Crippen LogP contribution is -2.52. The van der Waals surface area contributed by atoms with Gasteiger partial charge in [0, 0.05) is 26.2 Å². The number of nitrogens with zero attached hydrogens (tertiary/aromatic N) is 2. The van der Waals surface area contributed by atoms with E-state index in [1.165, 1.54) is 6.42 Å². The first kappa shape index (κ1) is 23.4. The van der Waals surface area contributed by atoms with E-state index in [-0.39, 0.29) is 36.5 Å². The molecule has 0 aromatic heterocycles. The minimum absolute atomic E-state index is 0. The van der Waals surface area contributed by atoms with Gasteiger partial charge in [-0.3, -0.25) is 9.69 Å². The van der Waals surface area contributed by atoms with E-state index in [4.69, 9.17) is 0 Å². The number of hydrogen-bond donors (Lipinski definition) is 1. The second-order valence-corrected chi connectivity index (χ2v) is 7.47. The van der Waals surface area contributed by atoms with Gasteiger partial charge in [0.15, 0.2) is 11.4 Å². The summed E-state index contributed by atoms with van der Waals surface area (Å²) in [5, 5.41) is 11.6. The summed E-state index contributed by atoms with van der Waals surface area (Å²) >= 11 is 0. The van der Waals surface area contributed by atoms with Gasteiger partial charge in [0.2, 0.25) is 0 Å². The minimum Gasteiger partial charge on any atom is -0.377 e. The largest absolute Gasteiger partial charge is 0.377 e. The molecule has 1 aliphatic carbocycles. The van der Waals surface area contributed by atoms with Crippen LogP contribution < -0.4 is 0 Å². The highest BCUT2D eigenvalue weighted by Crippen LogP contribution is 2.40. The van der Waals surface area contributed by atoms with Gasteiger partial charge < -0.3 is 10.0 Å². The summed E-state index contributed by atoms with van der Waals surface area (Å²) in [4.78, 5) is 17.7. The van der Waals surface area contributed by atoms with Crippen molar-refractivity contribution in [1.82, 2.24) is 9.80 Å². The summed E-state index contributed by atoms with van der Waals surface area (Å²) in [5.41, 5.74) is -0.554. The van der Waals surface area contributed by atoms with Crippen molar-refractivity contribution in [2.75, 3.05) is 39.8 Å². The average molecular weight is 403 g/mol. The van der Waals surface area contributed by atoms with Crippen LogP contribution in [0, 0.1) is 5.92 Å². The zero-order valence-corrected chi connectivity index (χ0v) is 17.2. The Labute approximate surface area is 169 Å². The summed E-state index contributed by atoms with van der Waals surface area (Å²) < 4.78 is 0. The molecule has 0 bridgehead atoms. The lowest BCUT2D eigenvalue weighted by atomic mass is 9.71. The van der Waals surface area contributed by atoms with Crippen molar-refractivity contribution in [2.45, 2.75) is 37.7 Å². The van der Waals surface area contributed by atoms with Crippen molar-refractivity contribution in [1.29, 1.82) is 0 Å². The maximum Gasteiger partial charge on any atom is 0.183 e. The molecule has 148 valence electrons. The van der Waals surface area contributed by atoms with Crippen LogP contribution in [0.1, 0.15) is 37.7 Å². The van der Waals surface area contributed by atoms with Gasteiger partial charge in [0.05, 0.1) is 6.54 Å². The Bertz CT molecular complexity index is 544. The molecule has 1 saturated heterocycles. The zero-order chi connectivity index (χ0) is 17.0. The van der Waals surface area contributed by atoms with Gasteiger partial charge in [-0.2, -0.15) is 0 Å². The monoisotopic (exact) mass is 402 g/mol. The van der Waals surface area contributed by atoms with Gasteiger partial charge in [0.1, 0.15) is 0 Å². The number of benzene rings is 1. The number of piperazine rings is 1. The van der Waals surface area contributed by atoms with Crippen LogP contribution in [0.15, 0.2) is 30.3 Å². The highest BCUT2D eigenvalue weighted by atomic mass is 35.5. The van der Waals surface area contributed by atoms with E-state index in [1.54, 1.807) is 0 Å². The number of carbonyl (C=O) groups is 1. The predicted octanol–water partition coefficient (Wildman–Crippen LogP) is 3.11. The number of likely N-dealkylation sites (N-methyl/N-ethyl adjacent to an activating group) is 1. The number of hydrogen-bond acceptors (Lipinski definition) is 4. The molecule has 1 aromatic carbocycles. The van der Waals surface area contributed by atoms with Gasteiger partial charge in [-0.25, -0.2) is 0 Å². The molecule has 1 unspecified atom stereocenters. The van der Waals surface area contributed by atoms with Crippen LogP contribution in [-0.4, -0.2) is 60.5 Å². The van der Waals surface area contributed by atoms with Crippen LogP contribution in [0.5, 0.6) is 0 Å². The third kappa shape index (κ3) is 5.20. The predicted molar refractivity (Wildman–Crippen MR) is 110 cm³/mol. The molecule has 26 heavy (non-hydrogen) atoms. The maximum absolute atomic E-state index is 13.2. The smallest absolute Gasteiger partial charge is 0.183 e. The molecule has 2 fully saturated rings. The average Bonchev–Trinajstić information content (AvgIpc) is 2.64. The Morgan fingerprint density at radius 3 is 2.19 bits per heavy atom. The van der Waals surface area contributed by atoms with Crippen molar-refractivity contribution in [2.24, 2.45) is 5.92 Å². The van der Waals surface area contributed by atoms with Crippen molar-refractivity contribution in [3.8, 4) is 0 Å². The van der Waals surface area contributed by atoms with Crippen LogP contribution in [0.4, 0.5) is 0 Å². The lowest BCUT2D eigenvalue weighted by molar-refractivity contribution is -0.148. The second-order valence-electron chi connectivity index (χ2n) is 7.47. The van der Waals surface area contributed by atoms with Crippen LogP contribution >= 0.6 is 24.8 Å². The number of Topliss-reactive ketones (excluding diaryl/α,β-unsaturated/α-hetero) is 1. The number of ketones is 1. The van der Waals surface area contributed by atoms with E-state index in [0.717, 1.165) is 57.4 Å². The van der Waals surface area contributed by atoms with Crippen LogP contribution in [0.25, 0.3) is 0 Å². The van der Waals surface area contributed by atoms with Gasteiger partial charge >= 0.3 is 0 Å². The molecule has 1 aromatic rings. The van der Waals surface area contributed by atoms with E-state index in [9.17, 15) is 9.90 Å². The molecule has 1 heterocycles. The summed E-state index contributed by atoms with van der Waals surface area (Å²) in [6.07, 6.45) is 5.33. The SMILES string of the molecule is CN1CCN(CC(=O)C(O)(c2ccccc2)C2CCCCC2)CC1.Cl.Cl. The van der Waals surface area contributed by atoms with E-state index in [0.29, 0.717) is 6.54 Å². The lowest BCUT2D eigenvalue weighted by Gasteiger charge is -2.40. The third-order valence-electron chi connectivity index (χ3n) is 5.80. The second kappa shape index (κ2) is 10.6. The zero-order valence-electron chi connectivity index (χ0n) is 15.6. The topological polar surface area (TPSA) is 43.8 Å². The fourth-order valence-electron chi connectivity index (χ4n) is 4.17. The van der Waals surface area contributed by atoms with Gasteiger partial charge in [0.25, 0.3) is 0 Å². The molecule has 0 radical (unpaired) electrons. The van der Waals surface area contributed by atoms with Crippen LogP contribution in [0.3, 0.4) is 0 Å². The highest BCUT2D eigenvalue weighted by Gasteiger charge is 2.45. The summed E-state index contributed by atoms with van der Waals surface area (Å²) in [6.45, 7) is 4.13. The molecule has 4 nitrogen and oxygen atoms in total. The quantitative estimate of drug-likeness (QED) is 0.821. The minimum atomic E-state index is -1.33. The molecule has 1 N–H and O–H groups in total. The first-order valence-electron chi connectivity index (χ1n) is 9.33. The van der Waals surface area contributed by atoms with Crippen molar-refractivity contribution < 1.29 is 9.90 Å². The van der Waals surface area contributed by atoms with Crippen LogP contribution in [-0.2, 0) is 10.4 Å². The molecular formula is C20H32Cl2N2O2. The first-order valence-corrected chi connectivity index (χ1v) is 9.33. The maximum atomic E-state index is 13.2. The number of aliphatic hydroxyl groups is 1. The molecular weight excluding hydrogens is 371 g/mol. The normalized spacial score (nSPS) is 21.9. The Morgan fingerprint density at radius 1 is 1.04 bits per heavy atom. The molecule has 1 saturated carbocycles. The Balaban J connectivity index is 0.00000169. The van der Waals surface area contributed by atoms with E-state index < -0.39 is 5.60 Å². The Hall–Kier alpha value is -0.650. The standard InChI is InChI=1S/C20H30N2O2.2ClH/c1-21-12-14-22(15-13-21)16-19(23)20(24,17-8-4-2-5-9-17)18-10-6-3-7-11-18;;/h2,4-5,8-9,18,24H,3,6-7,10-16H2,1H3;2*1H. The molecule has 0 spiro atoms. The fraction of sp³-hybridized carbons (Fsp3) is 0.650. The van der Waals surface area contributed by atoms with E-state index in [2.05, 4.69) is 16.8 Å². The van der Waals surface area contributed by atoms with Gasteiger partial charge in [-0.1, -0.05) is 49.6 Å². The van der Waals surface area contributed by atoms with Gasteiger partial charge in [-0.05, 0) is 31.4 Å². The summed E-state index contributed by atoms with van der Waals surface area (Å²) in [7, 11) is 2.11. The van der Waals surface area contributed by atoms with Crippen molar-refractivity contribution >= 4 is 30.6 Å². The number of carbonyl (C=O) groups excluding carboxylic acids is 1. The van der Waals surface area contributed by atoms with E-state index >= 15 is 0 Å². The number of rotatable bonds is 5. The summed E-state index contributed by atoms with van der Waals surface area (Å²) in [5.74, 6) is 0.0266. The molecule has 1 aliphatic heterocycles. The van der Waals surface area contributed by atoms with Gasteiger partial charge in [-0.15, -0.1) is 24.8 Å².